The van der Waals surface area contributed by atoms with Crippen molar-refractivity contribution in [3.63, 3.8) is 0 Å². The van der Waals surface area contributed by atoms with Gasteiger partial charge in [0, 0.05) is 25.6 Å². The van der Waals surface area contributed by atoms with Gasteiger partial charge in [-0.3, -0.25) is 4.90 Å². The maximum Gasteiger partial charge on any atom is 0.0594 e. The second-order valence-electron chi connectivity index (χ2n) is 6.60. The summed E-state index contributed by atoms with van der Waals surface area (Å²) in [6, 6.07) is 15.2. The van der Waals surface area contributed by atoms with Gasteiger partial charge < -0.3 is 9.47 Å². The third kappa shape index (κ3) is 5.15. The normalized spacial score (nSPS) is 17.3. The molecule has 1 heterocycles. The van der Waals surface area contributed by atoms with Gasteiger partial charge in [-0.15, -0.1) is 0 Å². The Labute approximate surface area is 151 Å². The smallest absolute Gasteiger partial charge is 0.0594 e. The lowest BCUT2D eigenvalue weighted by Gasteiger charge is -2.26. The van der Waals surface area contributed by atoms with Crippen molar-refractivity contribution in [3.05, 3.63) is 60.2 Å². The molecule has 1 aliphatic rings. The van der Waals surface area contributed by atoms with Gasteiger partial charge in [0.2, 0.25) is 0 Å². The van der Waals surface area contributed by atoms with Crippen LogP contribution in [0.4, 0.5) is 0 Å². The van der Waals surface area contributed by atoms with E-state index in [1.807, 2.05) is 0 Å². The molecule has 0 spiro atoms. The first kappa shape index (κ1) is 18.1. The molecule has 1 saturated heterocycles. The standard InChI is InChI=1S/C22H29NO2/c1-2-3-7-20(18-25-17-14-23-12-15-24-16-13-23)22-11-6-9-19-8-4-5-10-21(19)22/h2-6,8-11,20H,7,12-18H2,1H3/b3-2+. The van der Waals surface area contributed by atoms with Gasteiger partial charge in [-0.2, -0.15) is 0 Å². The summed E-state index contributed by atoms with van der Waals surface area (Å²) < 4.78 is 11.5. The third-order valence-electron chi connectivity index (χ3n) is 4.89. The maximum absolute atomic E-state index is 6.08. The van der Waals surface area contributed by atoms with Crippen LogP contribution in [0.5, 0.6) is 0 Å². The van der Waals surface area contributed by atoms with Gasteiger partial charge in [-0.05, 0) is 29.7 Å². The summed E-state index contributed by atoms with van der Waals surface area (Å²) >= 11 is 0. The number of benzene rings is 2. The molecule has 0 saturated carbocycles. The number of nitrogens with zero attached hydrogens (tertiary/aromatic N) is 1. The number of hydrogen-bond donors (Lipinski definition) is 0. The van der Waals surface area contributed by atoms with E-state index in [1.165, 1.54) is 16.3 Å². The summed E-state index contributed by atoms with van der Waals surface area (Å²) in [6.07, 6.45) is 5.39. The zero-order valence-corrected chi connectivity index (χ0v) is 15.2. The topological polar surface area (TPSA) is 21.7 Å². The van der Waals surface area contributed by atoms with Gasteiger partial charge in [0.25, 0.3) is 0 Å². The quantitative estimate of drug-likeness (QED) is 0.530. The van der Waals surface area contributed by atoms with Crippen molar-refractivity contribution >= 4 is 10.8 Å². The fraction of sp³-hybridized carbons (Fsp3) is 0.455. The van der Waals surface area contributed by atoms with E-state index in [2.05, 4.69) is 66.4 Å². The Hall–Kier alpha value is -1.68. The Balaban J connectivity index is 1.62. The van der Waals surface area contributed by atoms with Gasteiger partial charge in [0.05, 0.1) is 26.4 Å². The van der Waals surface area contributed by atoms with Crippen molar-refractivity contribution in [2.45, 2.75) is 19.3 Å². The summed E-state index contributed by atoms with van der Waals surface area (Å²) in [4.78, 5) is 2.42. The molecule has 134 valence electrons. The van der Waals surface area contributed by atoms with Gasteiger partial charge in [0.1, 0.15) is 0 Å². The Bertz CT molecular complexity index is 671. The molecule has 1 aliphatic heterocycles. The Morgan fingerprint density at radius 1 is 1.12 bits per heavy atom. The molecule has 0 aromatic heterocycles. The van der Waals surface area contributed by atoms with E-state index < -0.39 is 0 Å². The van der Waals surface area contributed by atoms with Gasteiger partial charge in [-0.1, -0.05) is 54.6 Å². The summed E-state index contributed by atoms with van der Waals surface area (Å²) in [5.41, 5.74) is 1.39. The van der Waals surface area contributed by atoms with E-state index in [4.69, 9.17) is 9.47 Å². The monoisotopic (exact) mass is 339 g/mol. The van der Waals surface area contributed by atoms with Crippen molar-refractivity contribution in [1.82, 2.24) is 4.90 Å². The molecule has 0 N–H and O–H groups in total. The molecule has 3 nitrogen and oxygen atoms in total. The van der Waals surface area contributed by atoms with Crippen molar-refractivity contribution in [2.24, 2.45) is 0 Å². The fourth-order valence-corrected chi connectivity index (χ4v) is 3.44. The second kappa shape index (κ2) is 9.71. The van der Waals surface area contributed by atoms with Crippen LogP contribution in [-0.4, -0.2) is 51.0 Å². The van der Waals surface area contributed by atoms with Crippen molar-refractivity contribution in [2.75, 3.05) is 46.1 Å². The molecule has 0 amide bonds. The number of fused-ring (bicyclic) bond motifs is 1. The second-order valence-corrected chi connectivity index (χ2v) is 6.60. The molecule has 1 fully saturated rings. The lowest BCUT2D eigenvalue weighted by atomic mass is 9.91. The first-order valence-electron chi connectivity index (χ1n) is 9.35. The zero-order valence-electron chi connectivity index (χ0n) is 15.2. The minimum absolute atomic E-state index is 0.395. The Kier molecular flexibility index (Phi) is 7.04. The molecule has 1 atom stereocenters. The molecule has 3 rings (SSSR count). The van der Waals surface area contributed by atoms with Crippen LogP contribution < -0.4 is 0 Å². The SMILES string of the molecule is C/C=C/CC(COCCN1CCOCC1)c1cccc2ccccc12. The molecule has 0 aliphatic carbocycles. The molecule has 2 aromatic rings. The van der Waals surface area contributed by atoms with Crippen molar-refractivity contribution in [3.8, 4) is 0 Å². The summed E-state index contributed by atoms with van der Waals surface area (Å²) in [6.45, 7) is 8.37. The van der Waals surface area contributed by atoms with E-state index >= 15 is 0 Å². The summed E-state index contributed by atoms with van der Waals surface area (Å²) in [7, 11) is 0. The number of hydrogen-bond acceptors (Lipinski definition) is 3. The minimum Gasteiger partial charge on any atom is -0.379 e. The Morgan fingerprint density at radius 2 is 1.92 bits per heavy atom. The van der Waals surface area contributed by atoms with E-state index in [0.717, 1.165) is 52.5 Å². The lowest BCUT2D eigenvalue weighted by Crippen LogP contribution is -2.38. The third-order valence-corrected chi connectivity index (χ3v) is 4.89. The highest BCUT2D eigenvalue weighted by Gasteiger charge is 2.14. The Morgan fingerprint density at radius 3 is 2.76 bits per heavy atom. The van der Waals surface area contributed by atoms with E-state index in [1.54, 1.807) is 0 Å². The average Bonchev–Trinajstić information content (AvgIpc) is 2.68. The largest absolute Gasteiger partial charge is 0.379 e. The molecular weight excluding hydrogens is 310 g/mol. The molecule has 25 heavy (non-hydrogen) atoms. The highest BCUT2D eigenvalue weighted by Crippen LogP contribution is 2.28. The number of allylic oxidation sites excluding steroid dienone is 2. The maximum atomic E-state index is 6.08. The summed E-state index contributed by atoms with van der Waals surface area (Å²) in [5, 5.41) is 2.65. The molecule has 3 heteroatoms. The van der Waals surface area contributed by atoms with Gasteiger partial charge >= 0.3 is 0 Å². The molecule has 0 bridgehead atoms. The van der Waals surface area contributed by atoms with E-state index in [9.17, 15) is 0 Å². The van der Waals surface area contributed by atoms with Crippen LogP contribution in [0.15, 0.2) is 54.6 Å². The van der Waals surface area contributed by atoms with Gasteiger partial charge in [0.15, 0.2) is 0 Å². The number of rotatable bonds is 8. The molecule has 0 radical (unpaired) electrons. The first-order valence-corrected chi connectivity index (χ1v) is 9.35. The minimum atomic E-state index is 0.395. The van der Waals surface area contributed by atoms with Crippen LogP contribution in [0.1, 0.15) is 24.8 Å². The van der Waals surface area contributed by atoms with Gasteiger partial charge in [-0.25, -0.2) is 0 Å². The highest BCUT2D eigenvalue weighted by molar-refractivity contribution is 5.86. The number of ether oxygens (including phenoxy) is 2. The van der Waals surface area contributed by atoms with Crippen LogP contribution in [0.25, 0.3) is 10.8 Å². The predicted molar refractivity (Wildman–Crippen MR) is 104 cm³/mol. The van der Waals surface area contributed by atoms with E-state index in [0.29, 0.717) is 5.92 Å². The summed E-state index contributed by atoms with van der Waals surface area (Å²) in [5.74, 6) is 0.395. The predicted octanol–water partition coefficient (Wildman–Crippen LogP) is 4.24. The van der Waals surface area contributed by atoms with Crippen molar-refractivity contribution < 1.29 is 9.47 Å². The molecular formula is C22H29NO2. The van der Waals surface area contributed by atoms with Crippen LogP contribution in [0.3, 0.4) is 0 Å². The van der Waals surface area contributed by atoms with Crippen LogP contribution >= 0.6 is 0 Å². The average molecular weight is 339 g/mol. The lowest BCUT2D eigenvalue weighted by molar-refractivity contribution is 0.0188. The van der Waals surface area contributed by atoms with Crippen LogP contribution in [0.2, 0.25) is 0 Å². The van der Waals surface area contributed by atoms with E-state index in [-0.39, 0.29) is 0 Å². The number of morpholine rings is 1. The zero-order chi connectivity index (χ0) is 17.3. The van der Waals surface area contributed by atoms with Crippen LogP contribution in [-0.2, 0) is 9.47 Å². The van der Waals surface area contributed by atoms with Crippen LogP contribution in [0, 0.1) is 0 Å². The molecule has 1 unspecified atom stereocenters. The highest BCUT2D eigenvalue weighted by atomic mass is 16.5. The van der Waals surface area contributed by atoms with Crippen molar-refractivity contribution in [1.29, 1.82) is 0 Å². The fourth-order valence-electron chi connectivity index (χ4n) is 3.44. The molecule has 2 aromatic carbocycles. The first-order chi connectivity index (χ1) is 12.4.